The smallest absolute Gasteiger partial charge is 0.244 e. The van der Waals surface area contributed by atoms with Crippen molar-refractivity contribution in [1.82, 2.24) is 16.0 Å². The average molecular weight is 475 g/mol. The van der Waals surface area contributed by atoms with Crippen LogP contribution in [0.25, 0.3) is 6.08 Å². The first-order chi connectivity index (χ1) is 17.0. The summed E-state index contributed by atoms with van der Waals surface area (Å²) in [5, 5.41) is 27.7. The Hall–Kier alpha value is -3.96. The maximum Gasteiger partial charge on any atom is 0.244 e. The molecule has 0 saturated carbocycles. The third-order valence-corrected chi connectivity index (χ3v) is 5.92. The number of hydrogen-bond acceptors (Lipinski definition) is 5. The summed E-state index contributed by atoms with van der Waals surface area (Å²) in [6.07, 6.45) is 3.28. The SMILES string of the molecule is N#C[C@H](O)[C@H](C[C@@H]1CCCNC1=O)NC(=O)[C@H](Cc1ccccc1)NC(=O)/C=C/c1ccccc1. The minimum Gasteiger partial charge on any atom is -0.376 e. The van der Waals surface area contributed by atoms with Crippen molar-refractivity contribution in [2.75, 3.05) is 6.54 Å². The average Bonchev–Trinajstić information content (AvgIpc) is 2.88. The topological polar surface area (TPSA) is 131 Å². The van der Waals surface area contributed by atoms with E-state index in [4.69, 9.17) is 0 Å². The fourth-order valence-corrected chi connectivity index (χ4v) is 4.02. The normalized spacial score (nSPS) is 18.1. The van der Waals surface area contributed by atoms with Gasteiger partial charge in [-0.3, -0.25) is 14.4 Å². The van der Waals surface area contributed by atoms with Crippen LogP contribution in [0.4, 0.5) is 0 Å². The van der Waals surface area contributed by atoms with E-state index in [0.29, 0.717) is 13.0 Å². The van der Waals surface area contributed by atoms with Crippen LogP contribution >= 0.6 is 0 Å². The number of rotatable bonds is 10. The molecule has 4 N–H and O–H groups in total. The first-order valence-electron chi connectivity index (χ1n) is 11.7. The van der Waals surface area contributed by atoms with Gasteiger partial charge in [0.1, 0.15) is 6.04 Å². The number of carbonyl (C=O) groups excluding carboxylic acids is 3. The van der Waals surface area contributed by atoms with Gasteiger partial charge in [-0.05, 0) is 36.5 Å². The van der Waals surface area contributed by atoms with Crippen LogP contribution in [0.2, 0.25) is 0 Å². The van der Waals surface area contributed by atoms with E-state index in [9.17, 15) is 24.8 Å². The molecular formula is C27H30N4O4. The van der Waals surface area contributed by atoms with E-state index in [1.165, 1.54) is 6.08 Å². The summed E-state index contributed by atoms with van der Waals surface area (Å²) in [7, 11) is 0. The molecule has 1 saturated heterocycles. The molecule has 0 aromatic heterocycles. The molecule has 2 aromatic carbocycles. The molecule has 0 spiro atoms. The zero-order valence-electron chi connectivity index (χ0n) is 19.4. The highest BCUT2D eigenvalue weighted by molar-refractivity contribution is 5.95. The van der Waals surface area contributed by atoms with Gasteiger partial charge in [-0.2, -0.15) is 5.26 Å². The number of piperidine rings is 1. The van der Waals surface area contributed by atoms with Crippen LogP contribution in [0.5, 0.6) is 0 Å². The lowest BCUT2D eigenvalue weighted by molar-refractivity contribution is -0.130. The van der Waals surface area contributed by atoms with Gasteiger partial charge in [0, 0.05) is 25.0 Å². The third kappa shape index (κ3) is 8.09. The maximum atomic E-state index is 13.2. The summed E-state index contributed by atoms with van der Waals surface area (Å²) in [5.74, 6) is -1.55. The summed E-state index contributed by atoms with van der Waals surface area (Å²) < 4.78 is 0. The molecule has 8 nitrogen and oxygen atoms in total. The van der Waals surface area contributed by atoms with Crippen molar-refractivity contribution in [1.29, 1.82) is 5.26 Å². The number of carbonyl (C=O) groups is 3. The summed E-state index contributed by atoms with van der Waals surface area (Å²) in [5.41, 5.74) is 1.68. The Labute approximate surface area is 205 Å². The van der Waals surface area contributed by atoms with Crippen molar-refractivity contribution in [3.63, 3.8) is 0 Å². The zero-order chi connectivity index (χ0) is 25.0. The van der Waals surface area contributed by atoms with Crippen molar-refractivity contribution < 1.29 is 19.5 Å². The quantitative estimate of drug-likeness (QED) is 0.308. The molecule has 4 atom stereocenters. The molecule has 1 heterocycles. The molecule has 3 rings (SSSR count). The lowest BCUT2D eigenvalue weighted by Gasteiger charge is -2.29. The number of benzene rings is 2. The zero-order valence-corrected chi connectivity index (χ0v) is 19.4. The van der Waals surface area contributed by atoms with E-state index < -0.39 is 35.9 Å². The van der Waals surface area contributed by atoms with Gasteiger partial charge in [0.05, 0.1) is 12.1 Å². The Balaban J connectivity index is 1.73. The molecule has 2 aromatic rings. The largest absolute Gasteiger partial charge is 0.376 e. The third-order valence-electron chi connectivity index (χ3n) is 5.92. The Bertz CT molecular complexity index is 1070. The molecule has 0 aliphatic carbocycles. The predicted octanol–water partition coefficient (Wildman–Crippen LogP) is 1.71. The highest BCUT2D eigenvalue weighted by Gasteiger charge is 2.32. The number of aliphatic hydroxyl groups is 1. The fraction of sp³-hybridized carbons (Fsp3) is 0.333. The molecular weight excluding hydrogens is 444 g/mol. The number of nitrogens with one attached hydrogen (secondary N) is 3. The predicted molar refractivity (Wildman–Crippen MR) is 131 cm³/mol. The summed E-state index contributed by atoms with van der Waals surface area (Å²) >= 11 is 0. The molecule has 3 amide bonds. The standard InChI is InChI=1S/C27H30N4O4/c28-18-24(32)22(17-21-12-7-15-29-26(21)34)31-27(35)23(16-20-10-5-2-6-11-20)30-25(33)14-13-19-8-3-1-4-9-19/h1-6,8-11,13-14,21-24,32H,7,12,15-17H2,(H,29,34)(H,30,33)(H,31,35)/b14-13+/t21-,22-,23-,24-/m0/s1. The Kier molecular flexibility index (Phi) is 9.58. The first-order valence-corrected chi connectivity index (χ1v) is 11.7. The first kappa shape index (κ1) is 25.7. The van der Waals surface area contributed by atoms with Crippen LogP contribution < -0.4 is 16.0 Å². The van der Waals surface area contributed by atoms with Gasteiger partial charge in [-0.1, -0.05) is 60.7 Å². The van der Waals surface area contributed by atoms with E-state index in [1.807, 2.05) is 60.7 Å². The molecule has 182 valence electrons. The number of hydrogen-bond donors (Lipinski definition) is 4. The number of nitrogens with zero attached hydrogens (tertiary/aromatic N) is 1. The highest BCUT2D eigenvalue weighted by atomic mass is 16.3. The minimum atomic E-state index is -1.49. The van der Waals surface area contributed by atoms with Crippen LogP contribution in [-0.2, 0) is 20.8 Å². The second-order valence-electron chi connectivity index (χ2n) is 8.55. The van der Waals surface area contributed by atoms with Crippen molar-refractivity contribution in [3.05, 3.63) is 77.9 Å². The molecule has 8 heteroatoms. The highest BCUT2D eigenvalue weighted by Crippen LogP contribution is 2.19. The number of amides is 3. The Morgan fingerprint density at radius 1 is 1.11 bits per heavy atom. The van der Waals surface area contributed by atoms with E-state index in [-0.39, 0.29) is 18.7 Å². The van der Waals surface area contributed by atoms with Gasteiger partial charge in [0.15, 0.2) is 6.10 Å². The van der Waals surface area contributed by atoms with Gasteiger partial charge in [-0.25, -0.2) is 0 Å². The van der Waals surface area contributed by atoms with Gasteiger partial charge in [0.25, 0.3) is 0 Å². The fourth-order valence-electron chi connectivity index (χ4n) is 4.02. The van der Waals surface area contributed by atoms with Gasteiger partial charge in [0.2, 0.25) is 17.7 Å². The summed E-state index contributed by atoms with van der Waals surface area (Å²) in [6.45, 7) is 0.592. The molecule has 0 bridgehead atoms. The molecule has 0 unspecified atom stereocenters. The van der Waals surface area contributed by atoms with Crippen molar-refractivity contribution in [3.8, 4) is 6.07 Å². The van der Waals surface area contributed by atoms with E-state index in [1.54, 1.807) is 12.1 Å². The van der Waals surface area contributed by atoms with E-state index in [0.717, 1.165) is 17.5 Å². The van der Waals surface area contributed by atoms with Gasteiger partial charge in [-0.15, -0.1) is 0 Å². The number of aliphatic hydroxyl groups excluding tert-OH is 1. The molecule has 35 heavy (non-hydrogen) atoms. The lowest BCUT2D eigenvalue weighted by atomic mass is 9.89. The van der Waals surface area contributed by atoms with Crippen molar-refractivity contribution >= 4 is 23.8 Å². The summed E-state index contributed by atoms with van der Waals surface area (Å²) in [6, 6.07) is 18.4. The monoisotopic (exact) mass is 474 g/mol. The second-order valence-corrected chi connectivity index (χ2v) is 8.55. The van der Waals surface area contributed by atoms with Crippen LogP contribution in [-0.4, -0.2) is 47.6 Å². The van der Waals surface area contributed by atoms with Gasteiger partial charge >= 0.3 is 0 Å². The van der Waals surface area contributed by atoms with Crippen LogP contribution in [0, 0.1) is 17.2 Å². The Morgan fingerprint density at radius 2 is 1.80 bits per heavy atom. The van der Waals surface area contributed by atoms with Gasteiger partial charge < -0.3 is 21.1 Å². The van der Waals surface area contributed by atoms with Crippen molar-refractivity contribution in [2.45, 2.75) is 43.9 Å². The van der Waals surface area contributed by atoms with E-state index >= 15 is 0 Å². The minimum absolute atomic E-state index is 0.131. The van der Waals surface area contributed by atoms with Crippen LogP contribution in [0.15, 0.2) is 66.7 Å². The molecule has 1 aliphatic rings. The molecule has 1 aliphatic heterocycles. The van der Waals surface area contributed by atoms with Crippen LogP contribution in [0.3, 0.4) is 0 Å². The Morgan fingerprint density at radius 3 is 2.46 bits per heavy atom. The van der Waals surface area contributed by atoms with Crippen molar-refractivity contribution in [2.24, 2.45) is 5.92 Å². The van der Waals surface area contributed by atoms with E-state index in [2.05, 4.69) is 16.0 Å². The molecule has 0 radical (unpaired) electrons. The lowest BCUT2D eigenvalue weighted by Crippen LogP contribution is -2.54. The van der Waals surface area contributed by atoms with Crippen LogP contribution in [0.1, 0.15) is 30.4 Å². The molecule has 1 fully saturated rings. The maximum absolute atomic E-state index is 13.2. The second kappa shape index (κ2) is 13.1. The summed E-state index contributed by atoms with van der Waals surface area (Å²) in [4.78, 5) is 38.0. The number of nitriles is 1.